The fraction of sp³-hybridized carbons (Fsp3) is 0.818. The molecule has 1 aliphatic rings. The van der Waals surface area contributed by atoms with E-state index < -0.39 is 17.4 Å². The van der Waals surface area contributed by atoms with Crippen LogP contribution in [-0.2, 0) is 14.3 Å². The Bertz CT molecular complexity index is 287. The molecule has 6 heteroatoms. The molecule has 0 aromatic rings. The van der Waals surface area contributed by atoms with Crippen molar-refractivity contribution in [3.63, 3.8) is 0 Å². The van der Waals surface area contributed by atoms with Crippen molar-refractivity contribution in [3.8, 4) is 0 Å². The number of carbonyl (C=O) groups is 2. The zero-order chi connectivity index (χ0) is 12.9. The van der Waals surface area contributed by atoms with Crippen molar-refractivity contribution in [1.82, 2.24) is 10.6 Å². The summed E-state index contributed by atoms with van der Waals surface area (Å²) >= 11 is 0. The van der Waals surface area contributed by atoms with E-state index in [2.05, 4.69) is 10.6 Å². The van der Waals surface area contributed by atoms with Crippen molar-refractivity contribution in [2.45, 2.75) is 25.8 Å². The molecule has 0 saturated carbocycles. The van der Waals surface area contributed by atoms with Gasteiger partial charge in [-0.3, -0.25) is 4.79 Å². The lowest BCUT2D eigenvalue weighted by Gasteiger charge is -2.33. The summed E-state index contributed by atoms with van der Waals surface area (Å²) in [5.74, 6) is -1.30. The van der Waals surface area contributed by atoms with E-state index in [1.165, 1.54) is 7.11 Å². The van der Waals surface area contributed by atoms with Crippen molar-refractivity contribution in [3.05, 3.63) is 0 Å². The van der Waals surface area contributed by atoms with Crippen molar-refractivity contribution in [1.29, 1.82) is 0 Å². The predicted molar refractivity (Wildman–Crippen MR) is 61.7 cm³/mol. The van der Waals surface area contributed by atoms with E-state index in [9.17, 15) is 9.59 Å². The first kappa shape index (κ1) is 13.9. The standard InChI is InChI=1S/C11H20N2O4/c1-11(4-3-5-12-7-11)10(16)13-8(6-17-2)9(14)15/h8,12H,3-7H2,1-2H3,(H,13,16)(H,14,15). The molecule has 2 atom stereocenters. The fourth-order valence-electron chi connectivity index (χ4n) is 1.92. The quantitative estimate of drug-likeness (QED) is 0.612. The van der Waals surface area contributed by atoms with Gasteiger partial charge in [-0.05, 0) is 26.3 Å². The summed E-state index contributed by atoms with van der Waals surface area (Å²) < 4.78 is 4.78. The molecule has 98 valence electrons. The normalized spacial score (nSPS) is 26.2. The lowest BCUT2D eigenvalue weighted by Crippen LogP contribution is -2.54. The van der Waals surface area contributed by atoms with Gasteiger partial charge in [0.1, 0.15) is 0 Å². The van der Waals surface area contributed by atoms with Gasteiger partial charge in [0, 0.05) is 13.7 Å². The summed E-state index contributed by atoms with van der Waals surface area (Å²) in [4.78, 5) is 22.9. The second-order valence-electron chi connectivity index (χ2n) is 4.66. The third-order valence-corrected chi connectivity index (χ3v) is 3.08. The van der Waals surface area contributed by atoms with E-state index in [4.69, 9.17) is 9.84 Å². The van der Waals surface area contributed by atoms with E-state index in [1.54, 1.807) is 0 Å². The van der Waals surface area contributed by atoms with Gasteiger partial charge in [-0.1, -0.05) is 0 Å². The molecule has 2 unspecified atom stereocenters. The van der Waals surface area contributed by atoms with Gasteiger partial charge in [-0.25, -0.2) is 4.79 Å². The highest BCUT2D eigenvalue weighted by Gasteiger charge is 2.36. The van der Waals surface area contributed by atoms with Gasteiger partial charge in [-0.2, -0.15) is 0 Å². The molecule has 0 aliphatic carbocycles. The van der Waals surface area contributed by atoms with Gasteiger partial charge >= 0.3 is 5.97 Å². The molecule has 0 spiro atoms. The molecular weight excluding hydrogens is 224 g/mol. The highest BCUT2D eigenvalue weighted by Crippen LogP contribution is 2.25. The maximum Gasteiger partial charge on any atom is 0.328 e. The smallest absolute Gasteiger partial charge is 0.328 e. The number of rotatable bonds is 5. The molecule has 1 saturated heterocycles. The second kappa shape index (κ2) is 5.97. The molecule has 0 aromatic carbocycles. The zero-order valence-electron chi connectivity index (χ0n) is 10.3. The van der Waals surface area contributed by atoms with Crippen LogP contribution >= 0.6 is 0 Å². The minimum atomic E-state index is -1.08. The van der Waals surface area contributed by atoms with E-state index in [-0.39, 0.29) is 12.5 Å². The number of ether oxygens (including phenoxy) is 1. The highest BCUT2D eigenvalue weighted by molar-refractivity contribution is 5.87. The maximum atomic E-state index is 12.0. The van der Waals surface area contributed by atoms with Crippen LogP contribution in [0.25, 0.3) is 0 Å². The Balaban J connectivity index is 2.59. The molecule has 0 radical (unpaired) electrons. The van der Waals surface area contributed by atoms with Crippen LogP contribution in [0.1, 0.15) is 19.8 Å². The Morgan fingerprint density at radius 1 is 1.59 bits per heavy atom. The number of aliphatic carboxylic acids is 1. The third kappa shape index (κ3) is 3.67. The van der Waals surface area contributed by atoms with E-state index >= 15 is 0 Å². The van der Waals surface area contributed by atoms with Gasteiger partial charge in [0.2, 0.25) is 5.91 Å². The Hall–Kier alpha value is -1.14. The van der Waals surface area contributed by atoms with Crippen LogP contribution in [0.5, 0.6) is 0 Å². The molecule has 1 fully saturated rings. The molecule has 1 rings (SSSR count). The van der Waals surface area contributed by atoms with Crippen LogP contribution in [0, 0.1) is 5.41 Å². The Kier molecular flexibility index (Phi) is 4.89. The Labute approximate surface area is 101 Å². The van der Waals surface area contributed by atoms with Crippen molar-refractivity contribution >= 4 is 11.9 Å². The van der Waals surface area contributed by atoms with Gasteiger partial charge in [0.05, 0.1) is 12.0 Å². The molecule has 17 heavy (non-hydrogen) atoms. The molecule has 3 N–H and O–H groups in total. The summed E-state index contributed by atoms with van der Waals surface area (Å²) in [6, 6.07) is -0.980. The average Bonchev–Trinajstić information content (AvgIpc) is 2.29. The minimum absolute atomic E-state index is 0.0232. The Morgan fingerprint density at radius 2 is 2.29 bits per heavy atom. The van der Waals surface area contributed by atoms with Crippen LogP contribution in [0.4, 0.5) is 0 Å². The first-order valence-corrected chi connectivity index (χ1v) is 5.73. The topological polar surface area (TPSA) is 87.7 Å². The van der Waals surface area contributed by atoms with E-state index in [1.807, 2.05) is 6.92 Å². The number of carboxylic acids is 1. The monoisotopic (exact) mass is 244 g/mol. The van der Waals surface area contributed by atoms with Crippen molar-refractivity contribution in [2.24, 2.45) is 5.41 Å². The molecule has 0 aromatic heterocycles. The number of methoxy groups -OCH3 is 1. The van der Waals surface area contributed by atoms with Gasteiger partial charge in [-0.15, -0.1) is 0 Å². The van der Waals surface area contributed by atoms with E-state index in [0.29, 0.717) is 6.54 Å². The van der Waals surface area contributed by atoms with Gasteiger partial charge in [0.15, 0.2) is 6.04 Å². The van der Waals surface area contributed by atoms with Crippen LogP contribution in [-0.4, -0.2) is 49.8 Å². The van der Waals surface area contributed by atoms with Crippen molar-refractivity contribution < 1.29 is 19.4 Å². The minimum Gasteiger partial charge on any atom is -0.480 e. The van der Waals surface area contributed by atoms with Crippen LogP contribution < -0.4 is 10.6 Å². The molecule has 6 nitrogen and oxygen atoms in total. The first-order chi connectivity index (χ1) is 7.99. The lowest BCUT2D eigenvalue weighted by atomic mass is 9.81. The van der Waals surface area contributed by atoms with Crippen molar-refractivity contribution in [2.75, 3.05) is 26.8 Å². The van der Waals surface area contributed by atoms with Crippen LogP contribution in [0.2, 0.25) is 0 Å². The largest absolute Gasteiger partial charge is 0.480 e. The molecule has 0 bridgehead atoms. The number of nitrogens with one attached hydrogen (secondary N) is 2. The SMILES string of the molecule is COCC(NC(=O)C1(C)CCCNC1)C(=O)O. The van der Waals surface area contributed by atoms with Crippen LogP contribution in [0.3, 0.4) is 0 Å². The number of piperidine rings is 1. The van der Waals surface area contributed by atoms with Gasteiger partial charge < -0.3 is 20.5 Å². The highest BCUT2D eigenvalue weighted by atomic mass is 16.5. The molecular formula is C11H20N2O4. The third-order valence-electron chi connectivity index (χ3n) is 3.08. The van der Waals surface area contributed by atoms with E-state index in [0.717, 1.165) is 19.4 Å². The summed E-state index contributed by atoms with van der Waals surface area (Å²) in [5.41, 5.74) is -0.528. The number of carbonyl (C=O) groups excluding carboxylic acids is 1. The number of carboxylic acid groups (broad SMARTS) is 1. The zero-order valence-corrected chi connectivity index (χ0v) is 10.3. The summed E-state index contributed by atoms with van der Waals surface area (Å²) in [7, 11) is 1.41. The number of amides is 1. The first-order valence-electron chi connectivity index (χ1n) is 5.73. The summed E-state index contributed by atoms with van der Waals surface area (Å²) in [5, 5.41) is 14.6. The maximum absolute atomic E-state index is 12.0. The lowest BCUT2D eigenvalue weighted by molar-refractivity contribution is -0.145. The molecule has 1 heterocycles. The second-order valence-corrected chi connectivity index (χ2v) is 4.66. The molecule has 1 aliphatic heterocycles. The van der Waals surface area contributed by atoms with Gasteiger partial charge in [0.25, 0.3) is 0 Å². The van der Waals surface area contributed by atoms with Crippen LogP contribution in [0.15, 0.2) is 0 Å². The Morgan fingerprint density at radius 3 is 2.76 bits per heavy atom. The molecule has 1 amide bonds. The number of hydrogen-bond acceptors (Lipinski definition) is 4. The number of hydrogen-bond donors (Lipinski definition) is 3. The summed E-state index contributed by atoms with van der Waals surface area (Å²) in [6.45, 7) is 3.31. The average molecular weight is 244 g/mol. The fourth-order valence-corrected chi connectivity index (χ4v) is 1.92. The predicted octanol–water partition coefficient (Wildman–Crippen LogP) is -0.408. The summed E-state index contributed by atoms with van der Waals surface area (Å²) in [6.07, 6.45) is 1.69.